The Balaban J connectivity index is 2.08. The maximum Gasteiger partial charge on any atom is 0.287 e. The molecule has 1 atom stereocenters. The van der Waals surface area contributed by atoms with Crippen molar-refractivity contribution in [2.75, 3.05) is 6.61 Å². The van der Waals surface area contributed by atoms with Gasteiger partial charge in [-0.2, -0.15) is 0 Å². The lowest BCUT2D eigenvalue weighted by atomic mass is 10.1. The van der Waals surface area contributed by atoms with Crippen molar-refractivity contribution in [1.29, 1.82) is 0 Å². The van der Waals surface area contributed by atoms with Crippen LogP contribution < -0.4 is 4.74 Å². The number of halogens is 1. The highest BCUT2D eigenvalue weighted by molar-refractivity contribution is 9.10. The van der Waals surface area contributed by atoms with Gasteiger partial charge in [-0.1, -0.05) is 36.4 Å². The van der Waals surface area contributed by atoms with Crippen LogP contribution in [0, 0.1) is 10.1 Å². The third-order valence-corrected chi connectivity index (χ3v) is 3.52. The van der Waals surface area contributed by atoms with Gasteiger partial charge in [0.05, 0.1) is 4.92 Å². The molecule has 5 nitrogen and oxygen atoms in total. The number of aliphatic hydroxyl groups is 1. The maximum atomic E-state index is 10.8. The molecule has 0 fully saturated rings. The van der Waals surface area contributed by atoms with Gasteiger partial charge in [0.2, 0.25) is 0 Å². The molecular weight excluding hydrogens is 326 g/mol. The first-order valence-electron chi connectivity index (χ1n) is 5.88. The van der Waals surface area contributed by atoms with E-state index in [4.69, 9.17) is 4.74 Å². The molecule has 0 aliphatic heterocycles. The second-order valence-corrected chi connectivity index (χ2v) is 4.88. The van der Waals surface area contributed by atoms with Gasteiger partial charge < -0.3 is 9.84 Å². The number of hydrogen-bond acceptors (Lipinski definition) is 4. The van der Waals surface area contributed by atoms with E-state index in [1.807, 2.05) is 18.2 Å². The topological polar surface area (TPSA) is 72.6 Å². The predicted octanol–water partition coefficient (Wildman–Crippen LogP) is 3.47. The van der Waals surface area contributed by atoms with Crippen LogP contribution in [-0.4, -0.2) is 16.6 Å². The van der Waals surface area contributed by atoms with E-state index in [9.17, 15) is 15.2 Å². The van der Waals surface area contributed by atoms with Gasteiger partial charge in [0.1, 0.15) is 22.9 Å². The molecule has 0 saturated heterocycles. The molecule has 0 saturated carbocycles. The van der Waals surface area contributed by atoms with E-state index in [-0.39, 0.29) is 16.8 Å². The zero-order valence-corrected chi connectivity index (χ0v) is 12.0. The Hall–Kier alpha value is -1.92. The van der Waals surface area contributed by atoms with Crippen LogP contribution in [0.4, 0.5) is 5.69 Å². The van der Waals surface area contributed by atoms with Crippen molar-refractivity contribution >= 4 is 21.6 Å². The zero-order chi connectivity index (χ0) is 14.5. The van der Waals surface area contributed by atoms with Gasteiger partial charge in [0.25, 0.3) is 5.69 Å². The Bertz CT molecular complexity index is 603. The first-order chi connectivity index (χ1) is 9.59. The van der Waals surface area contributed by atoms with Crippen LogP contribution in [0.25, 0.3) is 0 Å². The lowest BCUT2D eigenvalue weighted by Gasteiger charge is -2.13. The fraction of sp³-hybridized carbons (Fsp3) is 0.143. The second-order valence-electron chi connectivity index (χ2n) is 4.08. The van der Waals surface area contributed by atoms with E-state index in [1.165, 1.54) is 12.1 Å². The molecule has 0 spiro atoms. The van der Waals surface area contributed by atoms with Crippen molar-refractivity contribution in [3.63, 3.8) is 0 Å². The van der Waals surface area contributed by atoms with E-state index in [0.29, 0.717) is 5.75 Å². The molecule has 1 unspecified atom stereocenters. The van der Waals surface area contributed by atoms with Crippen LogP contribution >= 0.6 is 15.9 Å². The molecule has 2 aromatic carbocycles. The van der Waals surface area contributed by atoms with Crippen LogP contribution in [0.3, 0.4) is 0 Å². The second kappa shape index (κ2) is 6.49. The number of ether oxygens (including phenoxy) is 1. The summed E-state index contributed by atoms with van der Waals surface area (Å²) in [6, 6.07) is 13.6. The number of nitro benzene ring substituents is 1. The third-order valence-electron chi connectivity index (χ3n) is 2.72. The monoisotopic (exact) mass is 337 g/mol. The quantitative estimate of drug-likeness (QED) is 0.669. The van der Waals surface area contributed by atoms with E-state index >= 15 is 0 Å². The standard InChI is InChI=1S/C14H12BrNO4/c15-14-11(16(18)19)7-4-8-13(14)20-9-12(17)10-5-2-1-3-6-10/h1-8,12,17H,9H2. The number of nitro groups is 1. The fourth-order valence-corrected chi connectivity index (χ4v) is 2.22. The molecule has 0 radical (unpaired) electrons. The average Bonchev–Trinajstić information content (AvgIpc) is 2.46. The lowest BCUT2D eigenvalue weighted by Crippen LogP contribution is -2.10. The van der Waals surface area contributed by atoms with Gasteiger partial charge in [0, 0.05) is 6.07 Å². The number of hydrogen-bond donors (Lipinski definition) is 1. The highest BCUT2D eigenvalue weighted by Gasteiger charge is 2.17. The Morgan fingerprint density at radius 3 is 2.55 bits per heavy atom. The molecule has 0 heterocycles. The first kappa shape index (κ1) is 14.5. The summed E-state index contributed by atoms with van der Waals surface area (Å²) < 4.78 is 5.71. The highest BCUT2D eigenvalue weighted by atomic mass is 79.9. The van der Waals surface area contributed by atoms with Crippen molar-refractivity contribution in [2.45, 2.75) is 6.10 Å². The normalized spacial score (nSPS) is 11.9. The summed E-state index contributed by atoms with van der Waals surface area (Å²) in [6.07, 6.45) is -0.789. The Kier molecular flexibility index (Phi) is 4.70. The molecular formula is C14H12BrNO4. The van der Waals surface area contributed by atoms with Crippen molar-refractivity contribution < 1.29 is 14.8 Å². The summed E-state index contributed by atoms with van der Waals surface area (Å²) in [4.78, 5) is 10.3. The van der Waals surface area contributed by atoms with E-state index in [2.05, 4.69) is 15.9 Å². The van der Waals surface area contributed by atoms with Crippen molar-refractivity contribution in [2.24, 2.45) is 0 Å². The molecule has 0 aromatic heterocycles. The molecule has 0 aliphatic rings. The van der Waals surface area contributed by atoms with Crippen molar-refractivity contribution in [3.8, 4) is 5.75 Å². The van der Waals surface area contributed by atoms with Gasteiger partial charge in [-0.05, 0) is 27.6 Å². The van der Waals surface area contributed by atoms with E-state index in [0.717, 1.165) is 5.56 Å². The zero-order valence-electron chi connectivity index (χ0n) is 10.4. The van der Waals surface area contributed by atoms with Crippen LogP contribution in [0.5, 0.6) is 5.75 Å². The van der Waals surface area contributed by atoms with Gasteiger partial charge >= 0.3 is 0 Å². The number of nitrogens with zero attached hydrogens (tertiary/aromatic N) is 1. The van der Waals surface area contributed by atoms with Crippen molar-refractivity contribution in [3.05, 3.63) is 68.7 Å². The first-order valence-corrected chi connectivity index (χ1v) is 6.67. The largest absolute Gasteiger partial charge is 0.489 e. The molecule has 1 N–H and O–H groups in total. The summed E-state index contributed by atoms with van der Waals surface area (Å²) in [5.74, 6) is 0.328. The summed E-state index contributed by atoms with van der Waals surface area (Å²) in [6.45, 7) is 0.0176. The van der Waals surface area contributed by atoms with Gasteiger partial charge in [-0.3, -0.25) is 10.1 Å². The molecule has 0 amide bonds. The van der Waals surface area contributed by atoms with Crippen LogP contribution in [0.15, 0.2) is 53.0 Å². The summed E-state index contributed by atoms with van der Waals surface area (Å²) >= 11 is 3.14. The minimum atomic E-state index is -0.789. The minimum absolute atomic E-state index is 0.0176. The third kappa shape index (κ3) is 3.34. The Labute approximate surface area is 124 Å². The number of rotatable bonds is 5. The molecule has 0 bridgehead atoms. The van der Waals surface area contributed by atoms with Crippen LogP contribution in [-0.2, 0) is 0 Å². The van der Waals surface area contributed by atoms with E-state index in [1.54, 1.807) is 18.2 Å². The lowest BCUT2D eigenvalue weighted by molar-refractivity contribution is -0.385. The van der Waals surface area contributed by atoms with Gasteiger partial charge in [-0.25, -0.2) is 0 Å². The van der Waals surface area contributed by atoms with Crippen molar-refractivity contribution in [1.82, 2.24) is 0 Å². The predicted molar refractivity (Wildman–Crippen MR) is 77.7 cm³/mol. The van der Waals surface area contributed by atoms with Crippen LogP contribution in [0.2, 0.25) is 0 Å². The SMILES string of the molecule is O=[N+]([O-])c1cccc(OCC(O)c2ccccc2)c1Br. The van der Waals surface area contributed by atoms with Crippen LogP contribution in [0.1, 0.15) is 11.7 Å². The fourth-order valence-electron chi connectivity index (χ4n) is 1.69. The Morgan fingerprint density at radius 1 is 1.20 bits per heavy atom. The Morgan fingerprint density at radius 2 is 1.90 bits per heavy atom. The molecule has 6 heteroatoms. The number of benzene rings is 2. The molecule has 104 valence electrons. The minimum Gasteiger partial charge on any atom is -0.489 e. The molecule has 2 rings (SSSR count). The average molecular weight is 338 g/mol. The molecule has 0 aliphatic carbocycles. The van der Waals surface area contributed by atoms with Gasteiger partial charge in [-0.15, -0.1) is 0 Å². The summed E-state index contributed by atoms with van der Waals surface area (Å²) in [5, 5.41) is 20.8. The molecule has 20 heavy (non-hydrogen) atoms. The molecule has 2 aromatic rings. The van der Waals surface area contributed by atoms with Gasteiger partial charge in [0.15, 0.2) is 0 Å². The maximum absolute atomic E-state index is 10.8. The number of aliphatic hydroxyl groups excluding tert-OH is 1. The summed E-state index contributed by atoms with van der Waals surface area (Å²) in [7, 11) is 0. The highest BCUT2D eigenvalue weighted by Crippen LogP contribution is 2.34. The smallest absolute Gasteiger partial charge is 0.287 e. The summed E-state index contributed by atoms with van der Waals surface area (Å²) in [5.41, 5.74) is 0.658. The van der Waals surface area contributed by atoms with E-state index < -0.39 is 11.0 Å².